The molecule has 0 aliphatic heterocycles. The van der Waals surface area contributed by atoms with Crippen LogP contribution in [0.2, 0.25) is 5.02 Å². The second kappa shape index (κ2) is 11.1. The molecule has 10 nitrogen and oxygen atoms in total. The first kappa shape index (κ1) is 27.2. The van der Waals surface area contributed by atoms with Gasteiger partial charge in [-0.05, 0) is 18.2 Å². The Hall–Kier alpha value is -4.35. The number of anilines is 1. The van der Waals surface area contributed by atoms with Crippen molar-refractivity contribution in [3.05, 3.63) is 91.2 Å². The first-order valence-electron chi connectivity index (χ1n) is 10.6. The van der Waals surface area contributed by atoms with Crippen LogP contribution in [0.4, 0.5) is 10.1 Å². The first-order valence-corrected chi connectivity index (χ1v) is 11.0. The highest BCUT2D eigenvalue weighted by molar-refractivity contribution is 6.31. The number of nitrogens with one attached hydrogen (secondary N) is 2. The number of carbonyl (C=O) groups excluding carboxylic acids is 1. The van der Waals surface area contributed by atoms with E-state index in [2.05, 4.69) is 10.3 Å². The summed E-state index contributed by atoms with van der Waals surface area (Å²) >= 11 is 6.19. The quantitative estimate of drug-likeness (QED) is 0.375. The Labute approximate surface area is 214 Å². The van der Waals surface area contributed by atoms with E-state index in [-0.39, 0.29) is 39.4 Å². The van der Waals surface area contributed by atoms with Crippen molar-refractivity contribution < 1.29 is 28.9 Å². The van der Waals surface area contributed by atoms with Crippen LogP contribution in [-0.4, -0.2) is 42.3 Å². The van der Waals surface area contributed by atoms with Crippen molar-refractivity contribution in [1.29, 1.82) is 0 Å². The maximum Gasteiger partial charge on any atom is 0.261 e. The number of hydrogen-bond acceptors (Lipinski definition) is 6. The highest BCUT2D eigenvalue weighted by atomic mass is 35.5. The fourth-order valence-corrected chi connectivity index (χ4v) is 4.02. The number of fused-ring (bicyclic) bond motifs is 1. The summed E-state index contributed by atoms with van der Waals surface area (Å²) in [5.41, 5.74) is -0.910. The van der Waals surface area contributed by atoms with Crippen LogP contribution in [-0.2, 0) is 6.54 Å². The first-order chi connectivity index (χ1) is 17.3. The number of H-pyrrole nitrogens is 1. The molecule has 4 rings (SSSR count). The molecule has 0 unspecified atom stereocenters. The smallest absolute Gasteiger partial charge is 0.261 e. The van der Waals surface area contributed by atoms with Gasteiger partial charge < -0.3 is 34.6 Å². The molecule has 194 valence electrons. The van der Waals surface area contributed by atoms with E-state index in [1.807, 2.05) is 0 Å². The summed E-state index contributed by atoms with van der Waals surface area (Å²) in [7, 11) is 4.29. The average molecular weight is 532 g/mol. The number of aromatic nitrogens is 2. The van der Waals surface area contributed by atoms with Gasteiger partial charge in [0.05, 0.1) is 33.4 Å². The number of carbonyl (C=O) groups is 1. The van der Waals surface area contributed by atoms with Crippen LogP contribution >= 0.6 is 11.6 Å². The van der Waals surface area contributed by atoms with Gasteiger partial charge in [0.15, 0.2) is 11.5 Å². The third-order valence-electron chi connectivity index (χ3n) is 5.52. The van der Waals surface area contributed by atoms with Crippen LogP contribution in [0.15, 0.2) is 58.3 Å². The van der Waals surface area contributed by atoms with Crippen LogP contribution in [0.25, 0.3) is 11.0 Å². The molecule has 2 heterocycles. The average Bonchev–Trinajstić information content (AvgIpc) is 2.86. The topological polar surface area (TPSA) is 143 Å². The number of pyridine rings is 2. The van der Waals surface area contributed by atoms with Gasteiger partial charge >= 0.3 is 0 Å². The SMILES string of the molecule is COc1cc(NC(=O)c2cn(Cc3c(F)cccc3Cl)c3ccc(=O)[nH]c3c2=O)cc(OC)c1OC.O. The minimum Gasteiger partial charge on any atom is -0.493 e. The van der Waals surface area contributed by atoms with Crippen molar-refractivity contribution in [2.24, 2.45) is 0 Å². The second-order valence-corrected chi connectivity index (χ2v) is 8.06. The zero-order valence-corrected chi connectivity index (χ0v) is 20.7. The fourth-order valence-electron chi connectivity index (χ4n) is 3.80. The van der Waals surface area contributed by atoms with Gasteiger partial charge in [-0.2, -0.15) is 0 Å². The van der Waals surface area contributed by atoms with E-state index in [9.17, 15) is 18.8 Å². The molecular weight excluding hydrogens is 509 g/mol. The minimum absolute atomic E-state index is 0. The molecule has 4 N–H and O–H groups in total. The number of amides is 1. The van der Waals surface area contributed by atoms with Gasteiger partial charge in [-0.3, -0.25) is 14.4 Å². The van der Waals surface area contributed by atoms with Gasteiger partial charge in [0.1, 0.15) is 16.9 Å². The Kier molecular flexibility index (Phi) is 8.21. The molecule has 0 fully saturated rings. The van der Waals surface area contributed by atoms with E-state index in [1.165, 1.54) is 74.6 Å². The molecule has 0 radical (unpaired) electrons. The Morgan fingerprint density at radius 3 is 2.32 bits per heavy atom. The van der Waals surface area contributed by atoms with Crippen molar-refractivity contribution >= 4 is 34.2 Å². The number of hydrogen-bond donors (Lipinski definition) is 2. The molecule has 0 aliphatic carbocycles. The van der Waals surface area contributed by atoms with E-state index in [0.717, 1.165) is 0 Å². The fraction of sp³-hybridized carbons (Fsp3) is 0.160. The standard InChI is InChI=1S/C25H21ClFN3O6.H2O/c1-34-19-9-13(10-20(35-2)24(19)36-3)28-25(33)15-12-30(11-14-16(26)5-4-6-17(14)27)18-7-8-21(31)29-22(18)23(15)32;/h4-10,12H,11H2,1-3H3,(H,28,33)(H,29,31);1H2. The highest BCUT2D eigenvalue weighted by Gasteiger charge is 2.20. The van der Waals surface area contributed by atoms with Crippen molar-refractivity contribution in [2.75, 3.05) is 26.6 Å². The van der Waals surface area contributed by atoms with Gasteiger partial charge in [-0.25, -0.2) is 4.39 Å². The number of nitrogens with zero attached hydrogens (tertiary/aromatic N) is 1. The summed E-state index contributed by atoms with van der Waals surface area (Å²) in [6, 6.07) is 9.91. The van der Waals surface area contributed by atoms with Gasteiger partial charge in [0, 0.05) is 40.7 Å². The van der Waals surface area contributed by atoms with Crippen LogP contribution < -0.4 is 30.5 Å². The maximum absolute atomic E-state index is 14.5. The zero-order valence-electron chi connectivity index (χ0n) is 20.0. The molecule has 4 aromatic rings. The van der Waals surface area contributed by atoms with Gasteiger partial charge in [-0.15, -0.1) is 0 Å². The summed E-state index contributed by atoms with van der Waals surface area (Å²) < 4.78 is 31.9. The minimum atomic E-state index is -0.769. The molecule has 37 heavy (non-hydrogen) atoms. The van der Waals surface area contributed by atoms with Gasteiger partial charge in [0.2, 0.25) is 16.7 Å². The predicted molar refractivity (Wildman–Crippen MR) is 137 cm³/mol. The summed E-state index contributed by atoms with van der Waals surface area (Å²) in [4.78, 5) is 40.8. The molecule has 0 atom stereocenters. The Balaban J connectivity index is 0.00000380. The van der Waals surface area contributed by atoms with Crippen molar-refractivity contribution in [2.45, 2.75) is 6.54 Å². The van der Waals surface area contributed by atoms with Crippen LogP contribution in [0, 0.1) is 5.82 Å². The molecule has 0 spiro atoms. The molecule has 12 heteroatoms. The summed E-state index contributed by atoms with van der Waals surface area (Å²) in [6.45, 7) is -0.0984. The van der Waals surface area contributed by atoms with E-state index >= 15 is 0 Å². The van der Waals surface area contributed by atoms with Crippen molar-refractivity contribution in [1.82, 2.24) is 9.55 Å². The van der Waals surface area contributed by atoms with Crippen LogP contribution in [0.5, 0.6) is 17.2 Å². The van der Waals surface area contributed by atoms with E-state index < -0.39 is 22.7 Å². The Bertz CT molecular complexity index is 1550. The van der Waals surface area contributed by atoms with E-state index in [4.69, 9.17) is 25.8 Å². The second-order valence-electron chi connectivity index (χ2n) is 7.65. The van der Waals surface area contributed by atoms with Crippen molar-refractivity contribution in [3.63, 3.8) is 0 Å². The van der Waals surface area contributed by atoms with E-state index in [1.54, 1.807) is 0 Å². The monoisotopic (exact) mass is 531 g/mol. The lowest BCUT2D eigenvalue weighted by atomic mass is 10.1. The summed E-state index contributed by atoms with van der Waals surface area (Å²) in [5, 5.41) is 2.81. The summed E-state index contributed by atoms with van der Waals surface area (Å²) in [6.07, 6.45) is 1.29. The molecule has 0 saturated heterocycles. The number of benzene rings is 2. The number of ether oxygens (including phenoxy) is 3. The third kappa shape index (κ3) is 5.27. The Morgan fingerprint density at radius 2 is 1.73 bits per heavy atom. The summed E-state index contributed by atoms with van der Waals surface area (Å²) in [5.74, 6) is -0.412. The molecule has 1 amide bonds. The maximum atomic E-state index is 14.5. The van der Waals surface area contributed by atoms with Crippen LogP contribution in [0.3, 0.4) is 0 Å². The molecule has 2 aromatic heterocycles. The zero-order chi connectivity index (χ0) is 26.0. The largest absolute Gasteiger partial charge is 0.493 e. The molecular formula is C25H23ClFN3O7. The molecule has 0 aliphatic rings. The lowest BCUT2D eigenvalue weighted by Gasteiger charge is -2.16. The van der Waals surface area contributed by atoms with Crippen molar-refractivity contribution in [3.8, 4) is 17.2 Å². The predicted octanol–water partition coefficient (Wildman–Crippen LogP) is 2.98. The number of methoxy groups -OCH3 is 3. The molecule has 0 saturated carbocycles. The number of halogens is 2. The van der Waals surface area contributed by atoms with E-state index in [0.29, 0.717) is 22.8 Å². The lowest BCUT2D eigenvalue weighted by molar-refractivity contribution is 0.102. The lowest BCUT2D eigenvalue weighted by Crippen LogP contribution is -2.26. The van der Waals surface area contributed by atoms with Gasteiger partial charge in [0.25, 0.3) is 5.91 Å². The normalized spacial score (nSPS) is 10.5. The van der Waals surface area contributed by atoms with Gasteiger partial charge in [-0.1, -0.05) is 17.7 Å². The Morgan fingerprint density at radius 1 is 1.05 bits per heavy atom. The third-order valence-corrected chi connectivity index (χ3v) is 5.87. The molecule has 0 bridgehead atoms. The molecule has 2 aromatic carbocycles. The number of aromatic amines is 1. The highest BCUT2D eigenvalue weighted by Crippen LogP contribution is 2.40. The number of rotatable bonds is 7. The van der Waals surface area contributed by atoms with Crippen LogP contribution in [0.1, 0.15) is 15.9 Å².